The molecule has 1 fully saturated rings. The summed E-state index contributed by atoms with van der Waals surface area (Å²) in [6.45, 7) is 0.833. The third-order valence-corrected chi connectivity index (χ3v) is 7.19. The van der Waals surface area contributed by atoms with Crippen molar-refractivity contribution < 1.29 is 23.1 Å². The Balaban J connectivity index is 1.63. The quantitative estimate of drug-likeness (QED) is 0.745. The van der Waals surface area contributed by atoms with Gasteiger partial charge in [-0.25, -0.2) is 13.2 Å². The van der Waals surface area contributed by atoms with Gasteiger partial charge in [-0.2, -0.15) is 4.31 Å². The summed E-state index contributed by atoms with van der Waals surface area (Å²) in [5.41, 5.74) is 0.676. The molecule has 1 amide bonds. The summed E-state index contributed by atoms with van der Waals surface area (Å²) in [5, 5.41) is 9.83. The number of rotatable bonds is 5. The van der Waals surface area contributed by atoms with Crippen LogP contribution in [0.5, 0.6) is 0 Å². The van der Waals surface area contributed by atoms with E-state index in [1.807, 2.05) is 0 Å². The van der Waals surface area contributed by atoms with Crippen LogP contribution in [0.25, 0.3) is 0 Å². The first-order valence-corrected chi connectivity index (χ1v) is 10.9. The van der Waals surface area contributed by atoms with Crippen molar-refractivity contribution >= 4 is 45.1 Å². The van der Waals surface area contributed by atoms with Gasteiger partial charge in [0.2, 0.25) is 15.9 Å². The van der Waals surface area contributed by atoms with Gasteiger partial charge in [0.15, 0.2) is 0 Å². The fraction of sp³-hybridized carbons (Fsp3) is 0.263. The first-order valence-electron chi connectivity index (χ1n) is 8.73. The molecule has 2 aromatic rings. The van der Waals surface area contributed by atoms with Crippen molar-refractivity contribution in [1.82, 2.24) is 9.21 Å². The summed E-state index contributed by atoms with van der Waals surface area (Å²) in [7, 11) is -3.76. The normalized spacial score (nSPS) is 15.3. The molecule has 7 nitrogen and oxygen atoms in total. The number of aromatic carboxylic acids is 1. The van der Waals surface area contributed by atoms with Crippen molar-refractivity contribution in [3.8, 4) is 0 Å². The zero-order valence-electron chi connectivity index (χ0n) is 15.2. The van der Waals surface area contributed by atoms with E-state index in [1.165, 1.54) is 28.6 Å². The van der Waals surface area contributed by atoms with Crippen molar-refractivity contribution in [2.45, 2.75) is 11.3 Å². The van der Waals surface area contributed by atoms with Gasteiger partial charge < -0.3 is 10.0 Å². The lowest BCUT2D eigenvalue weighted by Crippen LogP contribution is -2.50. The number of hydrogen-bond acceptors (Lipinski definition) is 4. The Morgan fingerprint density at radius 3 is 2.14 bits per heavy atom. The van der Waals surface area contributed by atoms with Gasteiger partial charge in [0.25, 0.3) is 0 Å². The number of carboxylic acid groups (broad SMARTS) is 1. The maximum absolute atomic E-state index is 12.8. The Morgan fingerprint density at radius 2 is 1.59 bits per heavy atom. The minimum atomic E-state index is -3.76. The van der Waals surface area contributed by atoms with Crippen molar-refractivity contribution in [2.24, 2.45) is 0 Å². The molecular formula is C19H18Cl2N2O5S. The van der Waals surface area contributed by atoms with Gasteiger partial charge in [0.1, 0.15) is 0 Å². The second kappa shape index (κ2) is 8.71. The van der Waals surface area contributed by atoms with Crippen molar-refractivity contribution in [1.29, 1.82) is 0 Å². The fourth-order valence-electron chi connectivity index (χ4n) is 3.04. The van der Waals surface area contributed by atoms with Crippen molar-refractivity contribution in [3.05, 3.63) is 63.6 Å². The molecule has 1 N–H and O–H groups in total. The number of carbonyl (C=O) groups is 2. The number of carbonyl (C=O) groups excluding carboxylic acids is 1. The van der Waals surface area contributed by atoms with Crippen LogP contribution in [0.15, 0.2) is 47.4 Å². The Morgan fingerprint density at radius 1 is 0.966 bits per heavy atom. The number of benzene rings is 2. The predicted molar refractivity (Wildman–Crippen MR) is 109 cm³/mol. The van der Waals surface area contributed by atoms with Crippen molar-refractivity contribution in [2.75, 3.05) is 26.2 Å². The second-order valence-electron chi connectivity index (χ2n) is 6.53. The average molecular weight is 457 g/mol. The number of piperazine rings is 1. The molecule has 0 aromatic heterocycles. The molecule has 1 saturated heterocycles. The Kier molecular flexibility index (Phi) is 6.48. The van der Waals surface area contributed by atoms with Gasteiger partial charge in [0, 0.05) is 36.2 Å². The molecule has 0 saturated carbocycles. The number of carboxylic acids is 1. The zero-order valence-corrected chi connectivity index (χ0v) is 17.5. The number of amides is 1. The van der Waals surface area contributed by atoms with Gasteiger partial charge in [-0.3, -0.25) is 4.79 Å². The average Bonchev–Trinajstić information content (AvgIpc) is 2.70. The number of sulfonamides is 1. The lowest BCUT2D eigenvalue weighted by atomic mass is 10.1. The van der Waals surface area contributed by atoms with Crippen LogP contribution in [0.1, 0.15) is 15.9 Å². The van der Waals surface area contributed by atoms with Crippen LogP contribution in [-0.4, -0.2) is 60.8 Å². The Labute approximate surface area is 178 Å². The maximum atomic E-state index is 12.8. The van der Waals surface area contributed by atoms with E-state index in [9.17, 15) is 18.0 Å². The third-order valence-electron chi connectivity index (χ3n) is 4.69. The summed E-state index contributed by atoms with van der Waals surface area (Å²) in [6, 6.07) is 10.00. The molecule has 0 atom stereocenters. The van der Waals surface area contributed by atoms with E-state index in [1.54, 1.807) is 23.1 Å². The van der Waals surface area contributed by atoms with Crippen LogP contribution < -0.4 is 0 Å². The molecule has 0 radical (unpaired) electrons. The SMILES string of the molecule is O=C(O)c1ccc(S(=O)(=O)N2CCN(C(=O)Cc3ccc(Cl)cc3Cl)CC2)cc1. The smallest absolute Gasteiger partial charge is 0.335 e. The molecule has 0 unspecified atom stereocenters. The van der Waals surface area contributed by atoms with E-state index in [2.05, 4.69) is 0 Å². The van der Waals surface area contributed by atoms with E-state index in [-0.39, 0.29) is 49.0 Å². The molecule has 0 aliphatic carbocycles. The van der Waals surface area contributed by atoms with Crippen LogP contribution in [-0.2, 0) is 21.2 Å². The zero-order chi connectivity index (χ0) is 21.2. The first kappa shape index (κ1) is 21.6. The molecule has 10 heteroatoms. The second-order valence-corrected chi connectivity index (χ2v) is 9.31. The predicted octanol–water partition coefficient (Wildman–Crippen LogP) is 2.77. The van der Waals surface area contributed by atoms with Gasteiger partial charge in [-0.15, -0.1) is 0 Å². The molecule has 0 bridgehead atoms. The van der Waals surface area contributed by atoms with Gasteiger partial charge in [-0.05, 0) is 42.0 Å². The number of hydrogen-bond donors (Lipinski definition) is 1. The summed E-state index contributed by atoms with van der Waals surface area (Å²) in [4.78, 5) is 25.1. The summed E-state index contributed by atoms with van der Waals surface area (Å²) in [6.07, 6.45) is 0.111. The number of halogens is 2. The highest BCUT2D eigenvalue weighted by atomic mass is 35.5. The lowest BCUT2D eigenvalue weighted by Gasteiger charge is -2.34. The molecule has 0 spiro atoms. The summed E-state index contributed by atoms with van der Waals surface area (Å²) < 4.78 is 26.8. The van der Waals surface area contributed by atoms with Crippen LogP contribution in [0.2, 0.25) is 10.0 Å². The van der Waals surface area contributed by atoms with E-state index >= 15 is 0 Å². The molecule has 1 heterocycles. The molecule has 1 aliphatic rings. The van der Waals surface area contributed by atoms with E-state index in [0.717, 1.165) is 0 Å². The third kappa shape index (κ3) is 4.90. The highest BCUT2D eigenvalue weighted by Crippen LogP contribution is 2.23. The van der Waals surface area contributed by atoms with Gasteiger partial charge >= 0.3 is 5.97 Å². The monoisotopic (exact) mass is 456 g/mol. The number of nitrogens with zero attached hydrogens (tertiary/aromatic N) is 2. The minimum Gasteiger partial charge on any atom is -0.478 e. The lowest BCUT2D eigenvalue weighted by molar-refractivity contribution is -0.131. The van der Waals surface area contributed by atoms with Crippen LogP contribution in [0, 0.1) is 0 Å². The molecule has 3 rings (SSSR count). The Hall–Kier alpha value is -2.13. The summed E-state index contributed by atoms with van der Waals surface area (Å²) >= 11 is 12.0. The van der Waals surface area contributed by atoms with Crippen LogP contribution >= 0.6 is 23.2 Å². The molecule has 1 aliphatic heterocycles. The topological polar surface area (TPSA) is 95.0 Å². The highest BCUT2D eigenvalue weighted by Gasteiger charge is 2.30. The standard InChI is InChI=1S/C19H18Cl2N2O5S/c20-15-4-1-14(17(21)12-15)11-18(24)22-7-9-23(10-8-22)29(27,28)16-5-2-13(3-6-16)19(25)26/h1-6,12H,7-11H2,(H,25,26). The van der Waals surface area contributed by atoms with E-state index < -0.39 is 16.0 Å². The molecule has 29 heavy (non-hydrogen) atoms. The summed E-state index contributed by atoms with van der Waals surface area (Å²) in [5.74, 6) is -1.26. The van der Waals surface area contributed by atoms with Crippen molar-refractivity contribution in [3.63, 3.8) is 0 Å². The minimum absolute atomic E-state index is 0.0141. The fourth-order valence-corrected chi connectivity index (χ4v) is 4.93. The van der Waals surface area contributed by atoms with Gasteiger partial charge in [-0.1, -0.05) is 29.3 Å². The van der Waals surface area contributed by atoms with E-state index in [4.69, 9.17) is 28.3 Å². The molecule has 2 aromatic carbocycles. The van der Waals surface area contributed by atoms with Gasteiger partial charge in [0.05, 0.1) is 16.9 Å². The largest absolute Gasteiger partial charge is 0.478 e. The molecular weight excluding hydrogens is 439 g/mol. The Bertz CT molecular complexity index is 1030. The van der Waals surface area contributed by atoms with E-state index in [0.29, 0.717) is 15.6 Å². The van der Waals surface area contributed by atoms with Crippen LogP contribution in [0.3, 0.4) is 0 Å². The highest BCUT2D eigenvalue weighted by molar-refractivity contribution is 7.89. The molecule has 154 valence electrons. The first-order chi connectivity index (χ1) is 13.7. The van der Waals surface area contributed by atoms with Crippen LogP contribution in [0.4, 0.5) is 0 Å². The maximum Gasteiger partial charge on any atom is 0.335 e.